The number of carbonyl (C=O) groups excluding carboxylic acids is 2. The minimum atomic E-state index is -4.82. The van der Waals surface area contributed by atoms with Crippen molar-refractivity contribution in [1.82, 2.24) is 30.3 Å². The highest BCUT2D eigenvalue weighted by atomic mass is 35.5. The molecular weight excluding hydrogens is 511 g/mol. The van der Waals surface area contributed by atoms with E-state index < -0.39 is 29.4 Å². The predicted octanol–water partition coefficient (Wildman–Crippen LogP) is 4.74. The standard InChI is InChI=1S/C24H19ClF3N7O2/c25-14-2-1-9-29-20(14)35-16(10-17(34-35)24(26,27)28)21(36)31-15-6-3-12-11-30-33-19(12)18(15)22(37)32-23(7-8-23)13-4-5-13/h1-3,6,9-11,13H,4-5,7-8H2,(H,30,33)(H,31,36)(H,32,37). The Morgan fingerprint density at radius 2 is 1.95 bits per heavy atom. The number of nitrogens with zero attached hydrogens (tertiary/aromatic N) is 4. The number of carbonyl (C=O) groups is 2. The van der Waals surface area contributed by atoms with Crippen LogP contribution in [0.4, 0.5) is 18.9 Å². The van der Waals surface area contributed by atoms with Crippen LogP contribution in [0.15, 0.2) is 42.7 Å². The highest BCUT2D eigenvalue weighted by molar-refractivity contribution is 6.32. The topological polar surface area (TPSA) is 118 Å². The Hall–Kier alpha value is -3.93. The first kappa shape index (κ1) is 23.5. The lowest BCUT2D eigenvalue weighted by atomic mass is 10.1. The minimum absolute atomic E-state index is 0.00197. The average molecular weight is 530 g/mol. The van der Waals surface area contributed by atoms with Crippen LogP contribution in [0.1, 0.15) is 52.2 Å². The number of pyridine rings is 1. The van der Waals surface area contributed by atoms with E-state index in [0.717, 1.165) is 30.4 Å². The van der Waals surface area contributed by atoms with E-state index >= 15 is 0 Å². The number of benzene rings is 1. The molecule has 3 heterocycles. The van der Waals surface area contributed by atoms with Crippen molar-refractivity contribution >= 4 is 40.0 Å². The Morgan fingerprint density at radius 1 is 1.16 bits per heavy atom. The molecule has 0 aliphatic heterocycles. The number of halogens is 4. The molecule has 0 atom stereocenters. The van der Waals surface area contributed by atoms with Crippen LogP contribution in [-0.2, 0) is 6.18 Å². The number of hydrogen-bond acceptors (Lipinski definition) is 5. The van der Waals surface area contributed by atoms with Crippen LogP contribution in [0.2, 0.25) is 5.02 Å². The van der Waals surface area contributed by atoms with Crippen LogP contribution >= 0.6 is 11.6 Å². The summed E-state index contributed by atoms with van der Waals surface area (Å²) in [5, 5.41) is 16.7. The number of amides is 2. The lowest BCUT2D eigenvalue weighted by Gasteiger charge is -2.19. The average Bonchev–Trinajstić information content (AvgIpc) is 3.75. The van der Waals surface area contributed by atoms with Gasteiger partial charge in [0.2, 0.25) is 0 Å². The van der Waals surface area contributed by atoms with Gasteiger partial charge in [0.25, 0.3) is 11.8 Å². The normalized spacial score (nSPS) is 16.5. The largest absolute Gasteiger partial charge is 0.435 e. The lowest BCUT2D eigenvalue weighted by molar-refractivity contribution is -0.141. The highest BCUT2D eigenvalue weighted by Crippen LogP contribution is 2.54. The Morgan fingerprint density at radius 3 is 2.62 bits per heavy atom. The van der Waals surface area contributed by atoms with Gasteiger partial charge in [0.05, 0.1) is 28.0 Å². The number of hydrogen-bond donors (Lipinski definition) is 3. The number of alkyl halides is 3. The number of rotatable bonds is 6. The zero-order valence-corrected chi connectivity index (χ0v) is 19.8. The SMILES string of the molecule is O=C(NC1(C2CC2)CC1)c1c(NC(=O)c2cc(C(F)(F)F)nn2-c2ncccc2Cl)ccc2cn[nH]c12. The van der Waals surface area contributed by atoms with Crippen molar-refractivity contribution in [3.63, 3.8) is 0 Å². The minimum Gasteiger partial charge on any atom is -0.346 e. The number of aromatic nitrogens is 5. The van der Waals surface area contributed by atoms with Crippen LogP contribution in [0.3, 0.4) is 0 Å². The maximum absolute atomic E-state index is 13.5. The second kappa shape index (κ2) is 8.30. The molecule has 37 heavy (non-hydrogen) atoms. The quantitative estimate of drug-likeness (QED) is 0.333. The monoisotopic (exact) mass is 529 g/mol. The van der Waals surface area contributed by atoms with Gasteiger partial charge in [0.15, 0.2) is 11.5 Å². The molecule has 2 aliphatic rings. The second-order valence-corrected chi connectivity index (χ2v) is 9.70. The number of aromatic amines is 1. The third-order valence-corrected chi connectivity index (χ3v) is 7.07. The summed E-state index contributed by atoms with van der Waals surface area (Å²) in [4.78, 5) is 30.8. The van der Waals surface area contributed by atoms with E-state index in [0.29, 0.717) is 22.9 Å². The van der Waals surface area contributed by atoms with Gasteiger partial charge in [0, 0.05) is 23.2 Å². The summed E-state index contributed by atoms with van der Waals surface area (Å²) in [5.74, 6) is -1.03. The summed E-state index contributed by atoms with van der Waals surface area (Å²) in [6, 6.07) is 6.69. The molecule has 0 spiro atoms. The molecule has 1 aromatic carbocycles. The van der Waals surface area contributed by atoms with Gasteiger partial charge in [-0.3, -0.25) is 14.7 Å². The third kappa shape index (κ3) is 4.20. The first-order valence-electron chi connectivity index (χ1n) is 11.5. The van der Waals surface area contributed by atoms with Crippen LogP contribution in [0.25, 0.3) is 16.7 Å². The van der Waals surface area contributed by atoms with E-state index in [9.17, 15) is 22.8 Å². The molecule has 13 heteroatoms. The van der Waals surface area contributed by atoms with Gasteiger partial charge < -0.3 is 10.6 Å². The van der Waals surface area contributed by atoms with E-state index in [1.807, 2.05) is 0 Å². The predicted molar refractivity (Wildman–Crippen MR) is 128 cm³/mol. The van der Waals surface area contributed by atoms with Crippen molar-refractivity contribution in [2.75, 3.05) is 5.32 Å². The molecule has 2 amide bonds. The van der Waals surface area contributed by atoms with Gasteiger partial charge in [-0.15, -0.1) is 0 Å². The molecule has 0 unspecified atom stereocenters. The molecule has 3 aromatic heterocycles. The van der Waals surface area contributed by atoms with Crippen LogP contribution < -0.4 is 10.6 Å². The van der Waals surface area contributed by atoms with Gasteiger partial charge in [0.1, 0.15) is 5.69 Å². The van der Waals surface area contributed by atoms with Gasteiger partial charge in [-0.25, -0.2) is 9.67 Å². The van der Waals surface area contributed by atoms with Crippen molar-refractivity contribution in [2.24, 2.45) is 5.92 Å². The van der Waals surface area contributed by atoms with Crippen molar-refractivity contribution in [3.05, 3.63) is 64.7 Å². The van der Waals surface area contributed by atoms with Gasteiger partial charge in [-0.05, 0) is 55.9 Å². The van der Waals surface area contributed by atoms with Gasteiger partial charge >= 0.3 is 6.18 Å². The number of fused-ring (bicyclic) bond motifs is 1. The maximum Gasteiger partial charge on any atom is 0.435 e. The molecule has 9 nitrogen and oxygen atoms in total. The van der Waals surface area contributed by atoms with E-state index in [1.165, 1.54) is 24.4 Å². The third-order valence-electron chi connectivity index (χ3n) is 6.77. The summed E-state index contributed by atoms with van der Waals surface area (Å²) in [7, 11) is 0. The molecule has 2 saturated carbocycles. The summed E-state index contributed by atoms with van der Waals surface area (Å²) in [5.41, 5.74) is -1.33. The van der Waals surface area contributed by atoms with E-state index in [-0.39, 0.29) is 27.6 Å². The van der Waals surface area contributed by atoms with Gasteiger partial charge in [-0.1, -0.05) is 11.6 Å². The van der Waals surface area contributed by atoms with E-state index in [4.69, 9.17) is 11.6 Å². The fourth-order valence-corrected chi connectivity index (χ4v) is 4.81. The van der Waals surface area contributed by atoms with E-state index in [2.05, 4.69) is 30.9 Å². The molecule has 4 aromatic rings. The summed E-state index contributed by atoms with van der Waals surface area (Å²) in [6.07, 6.45) is 1.92. The Balaban J connectivity index is 1.39. The van der Waals surface area contributed by atoms with Crippen LogP contribution in [-0.4, -0.2) is 42.3 Å². The van der Waals surface area contributed by atoms with E-state index in [1.54, 1.807) is 12.3 Å². The molecule has 2 fully saturated rings. The maximum atomic E-state index is 13.5. The zero-order chi connectivity index (χ0) is 25.9. The summed E-state index contributed by atoms with van der Waals surface area (Å²) in [6.45, 7) is 0. The second-order valence-electron chi connectivity index (χ2n) is 9.29. The zero-order valence-electron chi connectivity index (χ0n) is 19.1. The fourth-order valence-electron chi connectivity index (χ4n) is 4.61. The fraction of sp³-hybridized carbons (Fsp3) is 0.292. The highest BCUT2D eigenvalue weighted by Gasteiger charge is 2.55. The van der Waals surface area contributed by atoms with Crippen LogP contribution in [0, 0.1) is 5.92 Å². The smallest absolute Gasteiger partial charge is 0.346 e. The molecule has 0 saturated heterocycles. The number of H-pyrrole nitrogens is 1. The molecule has 6 rings (SSSR count). The summed E-state index contributed by atoms with van der Waals surface area (Å²) >= 11 is 6.14. The van der Waals surface area contributed by atoms with Crippen LogP contribution in [0.5, 0.6) is 0 Å². The Labute approximate surface area is 212 Å². The van der Waals surface area contributed by atoms with Crippen molar-refractivity contribution < 1.29 is 22.8 Å². The van der Waals surface area contributed by atoms with Crippen molar-refractivity contribution in [1.29, 1.82) is 0 Å². The van der Waals surface area contributed by atoms with Crippen molar-refractivity contribution in [3.8, 4) is 5.82 Å². The first-order chi connectivity index (χ1) is 17.7. The summed E-state index contributed by atoms with van der Waals surface area (Å²) < 4.78 is 41.3. The molecule has 190 valence electrons. The molecule has 0 radical (unpaired) electrons. The molecule has 0 bridgehead atoms. The first-order valence-corrected chi connectivity index (χ1v) is 11.9. The number of anilines is 1. The Bertz CT molecular complexity index is 1550. The lowest BCUT2D eigenvalue weighted by Crippen LogP contribution is -2.39. The molecular formula is C24H19ClF3N7O2. The van der Waals surface area contributed by atoms with Crippen molar-refractivity contribution in [2.45, 2.75) is 37.4 Å². The molecule has 3 N–H and O–H groups in total. The van der Waals surface area contributed by atoms with Gasteiger partial charge in [-0.2, -0.15) is 23.4 Å². The Kier molecular flexibility index (Phi) is 5.26. The molecule has 2 aliphatic carbocycles. The number of nitrogens with one attached hydrogen (secondary N) is 3.